The van der Waals surface area contributed by atoms with Gasteiger partial charge in [-0.2, -0.15) is 0 Å². The van der Waals surface area contributed by atoms with Crippen molar-refractivity contribution in [1.82, 2.24) is 15.0 Å². The lowest BCUT2D eigenvalue weighted by molar-refractivity contribution is 0.398. The van der Waals surface area contributed by atoms with Gasteiger partial charge in [-0.05, 0) is 36.6 Å². The number of nitrogens with zero attached hydrogens (tertiary/aromatic N) is 3. The molecule has 2 N–H and O–H groups in total. The van der Waals surface area contributed by atoms with Crippen molar-refractivity contribution in [2.24, 2.45) is 0 Å². The van der Waals surface area contributed by atoms with Gasteiger partial charge < -0.3 is 10.5 Å². The van der Waals surface area contributed by atoms with Gasteiger partial charge in [0.2, 0.25) is 11.8 Å². The van der Waals surface area contributed by atoms with Crippen molar-refractivity contribution in [3.8, 4) is 28.4 Å². The second-order valence-corrected chi connectivity index (χ2v) is 6.56. The van der Waals surface area contributed by atoms with Crippen LogP contribution in [0.2, 0.25) is 0 Å². The van der Waals surface area contributed by atoms with Gasteiger partial charge in [-0.15, -0.1) is 0 Å². The third kappa shape index (κ3) is 2.53. The summed E-state index contributed by atoms with van der Waals surface area (Å²) in [6.45, 7) is 0. The highest BCUT2D eigenvalue weighted by Crippen LogP contribution is 2.38. The van der Waals surface area contributed by atoms with E-state index in [-0.39, 0.29) is 5.95 Å². The molecular formula is C18H15BrN4O. The van der Waals surface area contributed by atoms with Crippen molar-refractivity contribution in [3.63, 3.8) is 0 Å². The van der Waals surface area contributed by atoms with Crippen molar-refractivity contribution in [2.45, 2.75) is 12.8 Å². The summed E-state index contributed by atoms with van der Waals surface area (Å²) in [5, 5.41) is 0. The summed E-state index contributed by atoms with van der Waals surface area (Å²) in [6, 6.07) is 10.1. The normalized spacial score (nSPS) is 12.4. The molecule has 2 aromatic heterocycles. The zero-order valence-electron chi connectivity index (χ0n) is 13.1. The fourth-order valence-corrected chi connectivity index (χ4v) is 3.45. The number of aromatic nitrogens is 3. The standard InChI is InChI=1S/C18H15BrN4O/c1-24-15-7-4-11(9-21-15)16-13-6-3-10-2-5-12(19)8-14(10)17(13)23-18(20)22-16/h2,4-5,7-9H,3,6H2,1H3,(H2,20,22,23). The Hall–Kier alpha value is -2.47. The quantitative estimate of drug-likeness (QED) is 0.731. The lowest BCUT2D eigenvalue weighted by Gasteiger charge is -2.21. The molecular weight excluding hydrogens is 368 g/mol. The summed E-state index contributed by atoms with van der Waals surface area (Å²) < 4.78 is 6.15. The van der Waals surface area contributed by atoms with Gasteiger partial charge >= 0.3 is 0 Å². The number of halogens is 1. The Labute approximate surface area is 148 Å². The molecule has 2 heterocycles. The van der Waals surface area contributed by atoms with Crippen LogP contribution in [-0.2, 0) is 12.8 Å². The van der Waals surface area contributed by atoms with Crippen LogP contribution in [0, 0.1) is 0 Å². The van der Waals surface area contributed by atoms with Crippen LogP contribution in [0.4, 0.5) is 5.95 Å². The van der Waals surface area contributed by atoms with Gasteiger partial charge in [-0.1, -0.05) is 22.0 Å². The Bertz CT molecular complexity index is 925. The number of nitrogen functional groups attached to an aromatic ring is 1. The molecule has 0 radical (unpaired) electrons. The molecule has 0 saturated carbocycles. The summed E-state index contributed by atoms with van der Waals surface area (Å²) in [5.74, 6) is 0.844. The Morgan fingerprint density at radius 2 is 1.92 bits per heavy atom. The summed E-state index contributed by atoms with van der Waals surface area (Å²) in [7, 11) is 1.60. The van der Waals surface area contributed by atoms with E-state index in [4.69, 9.17) is 10.5 Å². The zero-order valence-corrected chi connectivity index (χ0v) is 14.7. The second kappa shape index (κ2) is 5.87. The van der Waals surface area contributed by atoms with Gasteiger partial charge in [0, 0.05) is 33.4 Å². The molecule has 120 valence electrons. The smallest absolute Gasteiger partial charge is 0.221 e. The maximum Gasteiger partial charge on any atom is 0.221 e. The molecule has 1 aromatic carbocycles. The first kappa shape index (κ1) is 15.1. The largest absolute Gasteiger partial charge is 0.481 e. The lowest BCUT2D eigenvalue weighted by Crippen LogP contribution is -2.11. The maximum atomic E-state index is 5.99. The van der Waals surface area contributed by atoms with Crippen LogP contribution >= 0.6 is 15.9 Å². The van der Waals surface area contributed by atoms with E-state index in [1.807, 2.05) is 12.1 Å². The number of methoxy groups -OCH3 is 1. The molecule has 6 heteroatoms. The fourth-order valence-electron chi connectivity index (χ4n) is 3.09. The number of benzene rings is 1. The van der Waals surface area contributed by atoms with Crippen molar-refractivity contribution in [1.29, 1.82) is 0 Å². The average Bonchev–Trinajstić information content (AvgIpc) is 2.61. The number of hydrogen-bond donors (Lipinski definition) is 1. The number of hydrogen-bond acceptors (Lipinski definition) is 5. The number of anilines is 1. The first-order chi connectivity index (χ1) is 11.7. The predicted molar refractivity (Wildman–Crippen MR) is 96.8 cm³/mol. The first-order valence-electron chi connectivity index (χ1n) is 7.61. The highest BCUT2D eigenvalue weighted by molar-refractivity contribution is 9.10. The van der Waals surface area contributed by atoms with Crippen LogP contribution in [0.3, 0.4) is 0 Å². The van der Waals surface area contributed by atoms with Gasteiger partial charge in [0.15, 0.2) is 0 Å². The molecule has 0 spiro atoms. The number of pyridine rings is 1. The number of ether oxygens (including phenoxy) is 1. The van der Waals surface area contributed by atoms with Crippen molar-refractivity contribution in [3.05, 3.63) is 52.1 Å². The van der Waals surface area contributed by atoms with Crippen molar-refractivity contribution >= 4 is 21.9 Å². The lowest BCUT2D eigenvalue weighted by atomic mass is 9.87. The fraction of sp³-hybridized carbons (Fsp3) is 0.167. The van der Waals surface area contributed by atoms with Gasteiger partial charge in [0.25, 0.3) is 0 Å². The number of fused-ring (bicyclic) bond motifs is 3. The third-order valence-corrected chi connectivity index (χ3v) is 4.71. The maximum absolute atomic E-state index is 5.99. The topological polar surface area (TPSA) is 73.9 Å². The molecule has 1 aliphatic rings. The van der Waals surface area contributed by atoms with E-state index < -0.39 is 0 Å². The Morgan fingerprint density at radius 3 is 2.67 bits per heavy atom. The molecule has 0 saturated heterocycles. The summed E-state index contributed by atoms with van der Waals surface area (Å²) >= 11 is 3.54. The SMILES string of the molecule is COc1ccc(-c2nc(N)nc3c2CCc2ccc(Br)cc2-3)cn1. The summed E-state index contributed by atoms with van der Waals surface area (Å²) in [6.07, 6.45) is 3.60. The molecule has 4 rings (SSSR count). The van der Waals surface area contributed by atoms with Gasteiger partial charge in [-0.3, -0.25) is 0 Å². The van der Waals surface area contributed by atoms with E-state index in [1.165, 1.54) is 5.56 Å². The van der Waals surface area contributed by atoms with Crippen LogP contribution in [0.15, 0.2) is 41.0 Å². The van der Waals surface area contributed by atoms with Gasteiger partial charge in [0.1, 0.15) is 0 Å². The molecule has 1 aliphatic carbocycles. The summed E-state index contributed by atoms with van der Waals surface area (Å²) in [5.41, 5.74) is 12.2. The molecule has 0 aliphatic heterocycles. The molecule has 0 fully saturated rings. The molecule has 0 unspecified atom stereocenters. The molecule has 24 heavy (non-hydrogen) atoms. The minimum atomic E-state index is 0.271. The minimum Gasteiger partial charge on any atom is -0.481 e. The molecule has 0 amide bonds. The number of aryl methyl sites for hydroxylation is 1. The average molecular weight is 383 g/mol. The predicted octanol–water partition coefficient (Wildman–Crippen LogP) is 3.66. The molecule has 3 aromatic rings. The van der Waals surface area contributed by atoms with E-state index in [9.17, 15) is 0 Å². The Kier molecular flexibility index (Phi) is 3.69. The van der Waals surface area contributed by atoms with E-state index in [1.54, 1.807) is 13.3 Å². The first-order valence-corrected chi connectivity index (χ1v) is 8.40. The van der Waals surface area contributed by atoms with E-state index >= 15 is 0 Å². The van der Waals surface area contributed by atoms with Crippen molar-refractivity contribution in [2.75, 3.05) is 12.8 Å². The highest BCUT2D eigenvalue weighted by Gasteiger charge is 2.23. The minimum absolute atomic E-state index is 0.271. The van der Waals surface area contributed by atoms with Crippen molar-refractivity contribution < 1.29 is 4.74 Å². The van der Waals surface area contributed by atoms with E-state index in [0.717, 1.165) is 45.4 Å². The van der Waals surface area contributed by atoms with E-state index in [0.29, 0.717) is 5.88 Å². The van der Waals surface area contributed by atoms with E-state index in [2.05, 4.69) is 49.1 Å². The molecule has 0 atom stereocenters. The zero-order chi connectivity index (χ0) is 16.7. The molecule has 0 bridgehead atoms. The monoisotopic (exact) mass is 382 g/mol. The third-order valence-electron chi connectivity index (χ3n) is 4.21. The van der Waals surface area contributed by atoms with Crippen LogP contribution in [0.5, 0.6) is 5.88 Å². The number of nitrogens with two attached hydrogens (primary N) is 1. The Morgan fingerprint density at radius 1 is 1.08 bits per heavy atom. The summed E-state index contributed by atoms with van der Waals surface area (Å²) in [4.78, 5) is 13.3. The van der Waals surface area contributed by atoms with Crippen LogP contribution < -0.4 is 10.5 Å². The number of rotatable bonds is 2. The van der Waals surface area contributed by atoms with Gasteiger partial charge in [-0.25, -0.2) is 15.0 Å². The Balaban J connectivity index is 1.92. The van der Waals surface area contributed by atoms with Crippen LogP contribution in [-0.4, -0.2) is 22.1 Å². The molecule has 5 nitrogen and oxygen atoms in total. The second-order valence-electron chi connectivity index (χ2n) is 5.65. The van der Waals surface area contributed by atoms with Gasteiger partial charge in [0.05, 0.1) is 18.5 Å². The van der Waals surface area contributed by atoms with Crippen LogP contribution in [0.25, 0.3) is 22.5 Å². The highest BCUT2D eigenvalue weighted by atomic mass is 79.9. The van der Waals surface area contributed by atoms with Crippen LogP contribution in [0.1, 0.15) is 11.1 Å².